The van der Waals surface area contributed by atoms with Gasteiger partial charge >= 0.3 is 12.2 Å². The lowest BCUT2D eigenvalue weighted by molar-refractivity contribution is 0.0562. The van der Waals surface area contributed by atoms with Gasteiger partial charge in [0.25, 0.3) is 0 Å². The van der Waals surface area contributed by atoms with Gasteiger partial charge in [-0.05, 0) is 53.7 Å². The lowest BCUT2D eigenvalue weighted by Gasteiger charge is -2.21. The van der Waals surface area contributed by atoms with Gasteiger partial charge in [-0.3, -0.25) is 5.32 Å². The highest BCUT2D eigenvalue weighted by atomic mass is 16.6. The molecule has 1 aromatic carbocycles. The number of nitrogens with zero attached hydrogens (tertiary/aromatic N) is 1. The molecule has 0 saturated heterocycles. The Balaban J connectivity index is 2.99. The van der Waals surface area contributed by atoms with Crippen molar-refractivity contribution in [1.29, 1.82) is 0 Å². The van der Waals surface area contributed by atoms with Crippen molar-refractivity contribution in [3.8, 4) is 5.75 Å². The first-order valence-corrected chi connectivity index (χ1v) is 7.72. The smallest absolute Gasteiger partial charge is 0.437 e. The predicted molar refractivity (Wildman–Crippen MR) is 94.8 cm³/mol. The summed E-state index contributed by atoms with van der Waals surface area (Å²) in [4.78, 5) is 27.5. The zero-order valence-electron chi connectivity index (χ0n) is 15.3. The van der Waals surface area contributed by atoms with Crippen LogP contribution >= 0.6 is 0 Å². The summed E-state index contributed by atoms with van der Waals surface area (Å²) in [5, 5.41) is 14.8. The van der Waals surface area contributed by atoms with Gasteiger partial charge in [0.15, 0.2) is 0 Å². The van der Waals surface area contributed by atoms with Crippen molar-refractivity contribution in [2.24, 2.45) is 4.99 Å². The number of anilines is 1. The molecular weight excluding hydrogens is 326 g/mol. The second kappa shape index (κ2) is 7.87. The van der Waals surface area contributed by atoms with Crippen molar-refractivity contribution in [1.82, 2.24) is 5.32 Å². The van der Waals surface area contributed by atoms with Gasteiger partial charge in [0.2, 0.25) is 5.96 Å². The lowest BCUT2D eigenvalue weighted by Crippen LogP contribution is -2.40. The number of rotatable bonds is 1. The van der Waals surface area contributed by atoms with Gasteiger partial charge in [-0.2, -0.15) is 0 Å². The molecule has 0 bridgehead atoms. The largest absolute Gasteiger partial charge is 0.506 e. The maximum atomic E-state index is 11.9. The van der Waals surface area contributed by atoms with E-state index in [-0.39, 0.29) is 17.4 Å². The van der Waals surface area contributed by atoms with Gasteiger partial charge in [-0.25, -0.2) is 9.59 Å². The van der Waals surface area contributed by atoms with E-state index in [4.69, 9.17) is 9.47 Å². The molecule has 0 radical (unpaired) electrons. The Morgan fingerprint density at radius 2 is 1.56 bits per heavy atom. The first-order valence-electron chi connectivity index (χ1n) is 7.72. The summed E-state index contributed by atoms with van der Waals surface area (Å²) < 4.78 is 10.2. The van der Waals surface area contributed by atoms with E-state index in [0.717, 1.165) is 0 Å². The first-order chi connectivity index (χ1) is 11.4. The number of alkyl carbamates (subject to hydrolysis) is 1. The zero-order chi connectivity index (χ0) is 19.3. The number of phenols is 1. The standard InChI is InChI=1S/C17H25N3O5/c1-16(2,3)24-14(22)19-13(20-15(23)25-17(4,5)6)18-11-9-7-8-10-12(11)21/h7-10,21H,1-6H3,(H2,18,19,20,22,23). The van der Waals surface area contributed by atoms with E-state index in [0.29, 0.717) is 0 Å². The van der Waals surface area contributed by atoms with Crippen molar-refractivity contribution in [3.63, 3.8) is 0 Å². The second-order valence-corrected chi connectivity index (χ2v) is 7.21. The van der Waals surface area contributed by atoms with Gasteiger partial charge in [-0.1, -0.05) is 12.1 Å². The molecule has 0 saturated carbocycles. The normalized spacial score (nSPS) is 12.3. The quantitative estimate of drug-likeness (QED) is 0.405. The number of carbonyl (C=O) groups excluding carboxylic acids is 2. The number of nitrogens with one attached hydrogen (secondary N) is 2. The Morgan fingerprint density at radius 3 is 2.08 bits per heavy atom. The molecule has 0 aromatic heterocycles. The van der Waals surface area contributed by atoms with E-state index in [2.05, 4.69) is 15.6 Å². The molecule has 0 aliphatic carbocycles. The van der Waals surface area contributed by atoms with Gasteiger partial charge in [0.1, 0.15) is 17.0 Å². The number of guanidine groups is 1. The summed E-state index contributed by atoms with van der Waals surface area (Å²) in [7, 11) is 0. The van der Waals surface area contributed by atoms with Gasteiger partial charge in [-0.15, -0.1) is 4.99 Å². The summed E-state index contributed by atoms with van der Waals surface area (Å²) in [6, 6.07) is 6.30. The molecule has 0 unspecified atom stereocenters. The van der Waals surface area contributed by atoms with Gasteiger partial charge in [0.05, 0.1) is 5.69 Å². The van der Waals surface area contributed by atoms with Crippen molar-refractivity contribution in [2.75, 3.05) is 5.32 Å². The SMILES string of the molecule is CC(C)(C)OC(=O)N=C(NC(=O)OC(C)(C)C)Nc1ccccc1O. The van der Waals surface area contributed by atoms with E-state index in [1.165, 1.54) is 6.07 Å². The van der Waals surface area contributed by atoms with E-state index in [1.807, 2.05) is 0 Å². The third kappa shape index (κ3) is 8.59. The van der Waals surface area contributed by atoms with Gasteiger partial charge in [0, 0.05) is 0 Å². The predicted octanol–water partition coefficient (Wildman–Crippen LogP) is 3.62. The molecule has 0 atom stereocenters. The molecule has 0 heterocycles. The summed E-state index contributed by atoms with van der Waals surface area (Å²) in [6.45, 7) is 10.2. The first kappa shape index (κ1) is 20.3. The molecule has 0 aliphatic rings. The van der Waals surface area contributed by atoms with Crippen LogP contribution < -0.4 is 10.6 Å². The number of ether oxygens (including phenoxy) is 2. The van der Waals surface area contributed by atoms with Gasteiger partial charge < -0.3 is 19.9 Å². The molecule has 8 nitrogen and oxygen atoms in total. The van der Waals surface area contributed by atoms with E-state index in [1.54, 1.807) is 59.7 Å². The fourth-order valence-corrected chi connectivity index (χ4v) is 1.57. The molecule has 3 N–H and O–H groups in total. The van der Waals surface area contributed by atoms with Crippen LogP contribution in [0.5, 0.6) is 5.75 Å². The maximum absolute atomic E-state index is 11.9. The Labute approximate surface area is 147 Å². The number of benzene rings is 1. The lowest BCUT2D eigenvalue weighted by atomic mass is 10.2. The zero-order valence-corrected chi connectivity index (χ0v) is 15.3. The molecule has 25 heavy (non-hydrogen) atoms. The Hall–Kier alpha value is -2.77. The van der Waals surface area contributed by atoms with Crippen LogP contribution in [-0.2, 0) is 9.47 Å². The summed E-state index contributed by atoms with van der Waals surface area (Å²) in [6.07, 6.45) is -1.71. The van der Waals surface area contributed by atoms with Crippen LogP contribution in [0.25, 0.3) is 0 Å². The van der Waals surface area contributed by atoms with Crippen LogP contribution in [0.2, 0.25) is 0 Å². The van der Waals surface area contributed by atoms with E-state index < -0.39 is 23.4 Å². The third-order valence-corrected chi connectivity index (χ3v) is 2.37. The van der Waals surface area contributed by atoms with Crippen molar-refractivity contribution >= 4 is 23.8 Å². The molecule has 138 valence electrons. The van der Waals surface area contributed by atoms with E-state index in [9.17, 15) is 14.7 Å². The number of hydrogen-bond donors (Lipinski definition) is 3. The van der Waals surface area contributed by atoms with Crippen molar-refractivity contribution in [3.05, 3.63) is 24.3 Å². The second-order valence-electron chi connectivity index (χ2n) is 7.21. The molecule has 1 rings (SSSR count). The Kier molecular flexibility index (Phi) is 6.38. The van der Waals surface area contributed by atoms with Crippen LogP contribution in [0, 0.1) is 0 Å². The van der Waals surface area contributed by atoms with E-state index >= 15 is 0 Å². The molecule has 0 spiro atoms. The number of hydrogen-bond acceptors (Lipinski definition) is 5. The number of carbonyl (C=O) groups is 2. The molecule has 1 aromatic rings. The molecule has 0 aliphatic heterocycles. The molecule has 8 heteroatoms. The highest BCUT2D eigenvalue weighted by Gasteiger charge is 2.20. The number of phenolic OH excluding ortho intramolecular Hbond substituents is 1. The summed E-state index contributed by atoms with van der Waals surface area (Å²) in [5.74, 6) is -0.310. The van der Waals surface area contributed by atoms with Crippen LogP contribution in [0.15, 0.2) is 29.3 Å². The summed E-state index contributed by atoms with van der Waals surface area (Å²) in [5.41, 5.74) is -1.22. The minimum Gasteiger partial charge on any atom is -0.506 e. The highest BCUT2D eigenvalue weighted by molar-refractivity contribution is 6.06. The number of amides is 2. The third-order valence-electron chi connectivity index (χ3n) is 2.37. The fourth-order valence-electron chi connectivity index (χ4n) is 1.57. The molecular formula is C17H25N3O5. The van der Waals surface area contributed by atoms with Crippen LogP contribution in [0.1, 0.15) is 41.5 Å². The molecule has 0 fully saturated rings. The number of aliphatic imine (C=N–C) groups is 1. The topological polar surface area (TPSA) is 109 Å². The average molecular weight is 351 g/mol. The van der Waals surface area contributed by atoms with Crippen LogP contribution in [0.4, 0.5) is 15.3 Å². The Morgan fingerprint density at radius 1 is 1.00 bits per heavy atom. The Bertz CT molecular complexity index is 657. The summed E-state index contributed by atoms with van der Waals surface area (Å²) >= 11 is 0. The monoisotopic (exact) mass is 351 g/mol. The highest BCUT2D eigenvalue weighted by Crippen LogP contribution is 2.21. The minimum absolute atomic E-state index is 0.0784. The number of aromatic hydroxyl groups is 1. The van der Waals surface area contributed by atoms with Crippen LogP contribution in [-0.4, -0.2) is 34.5 Å². The minimum atomic E-state index is -0.901. The number of para-hydroxylation sites is 2. The molecule has 2 amide bonds. The van der Waals surface area contributed by atoms with Crippen molar-refractivity contribution in [2.45, 2.75) is 52.7 Å². The van der Waals surface area contributed by atoms with Crippen molar-refractivity contribution < 1.29 is 24.2 Å². The average Bonchev–Trinajstić information content (AvgIpc) is 2.36. The maximum Gasteiger partial charge on any atom is 0.437 e. The fraction of sp³-hybridized carbons (Fsp3) is 0.471. The van der Waals surface area contributed by atoms with Crippen LogP contribution in [0.3, 0.4) is 0 Å².